The fourth-order valence-electron chi connectivity index (χ4n) is 4.04. The Bertz CT molecular complexity index is 730. The molecule has 27 heavy (non-hydrogen) atoms. The molecule has 3 aliphatic rings. The third-order valence-corrected chi connectivity index (χ3v) is 6.29. The minimum absolute atomic E-state index is 0.00387. The van der Waals surface area contributed by atoms with E-state index < -0.39 is 0 Å². The number of piperidine rings is 1. The van der Waals surface area contributed by atoms with Gasteiger partial charge in [0.05, 0.1) is 6.04 Å². The highest BCUT2D eigenvalue weighted by Gasteiger charge is 2.41. The van der Waals surface area contributed by atoms with E-state index in [1.807, 2.05) is 34.9 Å². The molecule has 2 aliphatic carbocycles. The summed E-state index contributed by atoms with van der Waals surface area (Å²) in [6.45, 7) is 4.00. The van der Waals surface area contributed by atoms with Gasteiger partial charge in [-0.05, 0) is 62.6 Å². The Balaban J connectivity index is 1.38. The van der Waals surface area contributed by atoms with Gasteiger partial charge in [-0.3, -0.25) is 4.79 Å². The van der Waals surface area contributed by atoms with Gasteiger partial charge in [-0.2, -0.15) is 0 Å². The van der Waals surface area contributed by atoms with Gasteiger partial charge in [-0.1, -0.05) is 23.7 Å². The van der Waals surface area contributed by atoms with Crippen LogP contribution >= 0.6 is 11.6 Å². The van der Waals surface area contributed by atoms with Gasteiger partial charge in [0.15, 0.2) is 0 Å². The number of halogens is 1. The maximum absolute atomic E-state index is 13.0. The highest BCUT2D eigenvalue weighted by atomic mass is 35.5. The summed E-state index contributed by atoms with van der Waals surface area (Å²) in [5, 5.41) is 3.83. The molecule has 1 N–H and O–H groups in total. The molecule has 0 aromatic heterocycles. The van der Waals surface area contributed by atoms with Crippen molar-refractivity contribution in [1.29, 1.82) is 0 Å². The van der Waals surface area contributed by atoms with E-state index in [1.54, 1.807) is 0 Å². The summed E-state index contributed by atoms with van der Waals surface area (Å²) in [6, 6.07) is 6.31. The second-order valence-corrected chi connectivity index (χ2v) is 8.64. The molecule has 0 unspecified atom stereocenters. The molecular formula is C21H28ClN3O2. The van der Waals surface area contributed by atoms with Crippen molar-refractivity contribution in [2.24, 2.45) is 5.92 Å². The Hall–Kier alpha value is -1.75. The molecule has 1 saturated heterocycles. The zero-order valence-electron chi connectivity index (χ0n) is 15.9. The molecule has 146 valence electrons. The number of hydrogen-bond donors (Lipinski definition) is 1. The summed E-state index contributed by atoms with van der Waals surface area (Å²) < 4.78 is 0. The minimum atomic E-state index is -0.00387. The van der Waals surface area contributed by atoms with Gasteiger partial charge in [0.2, 0.25) is 5.91 Å². The molecule has 2 saturated carbocycles. The Kier molecular flexibility index (Phi) is 5.31. The van der Waals surface area contributed by atoms with Crippen LogP contribution in [0.1, 0.15) is 49.7 Å². The fraction of sp³-hybridized carbons (Fsp3) is 0.619. The first-order chi connectivity index (χ1) is 13.0. The van der Waals surface area contributed by atoms with Crippen LogP contribution in [-0.2, 0) is 11.3 Å². The Morgan fingerprint density at radius 2 is 1.96 bits per heavy atom. The van der Waals surface area contributed by atoms with Crippen LogP contribution in [0.4, 0.5) is 4.79 Å². The highest BCUT2D eigenvalue weighted by Crippen LogP contribution is 2.34. The van der Waals surface area contributed by atoms with E-state index in [0.29, 0.717) is 25.0 Å². The lowest BCUT2D eigenvalue weighted by Crippen LogP contribution is -2.55. The largest absolute Gasteiger partial charge is 0.340 e. The molecule has 5 nitrogen and oxygen atoms in total. The normalized spacial score (nSPS) is 22.4. The number of amides is 3. The van der Waals surface area contributed by atoms with Crippen molar-refractivity contribution in [1.82, 2.24) is 15.1 Å². The standard InChI is InChI=1S/C21H28ClN3O2/c1-14-11-15(4-9-19(14)22)12-23-21(27)25(17-7-8-17)18-3-2-10-24(13-18)20(26)16-5-6-16/h4,9,11,16-18H,2-3,5-8,10,12-13H2,1H3,(H,23,27)/t18-/m1/s1. The lowest BCUT2D eigenvalue weighted by Gasteiger charge is -2.39. The molecular weight excluding hydrogens is 362 g/mol. The van der Waals surface area contributed by atoms with E-state index >= 15 is 0 Å². The molecule has 0 spiro atoms. The van der Waals surface area contributed by atoms with Crippen LogP contribution in [0.25, 0.3) is 0 Å². The lowest BCUT2D eigenvalue weighted by atomic mass is 10.0. The van der Waals surface area contributed by atoms with E-state index in [4.69, 9.17) is 11.6 Å². The van der Waals surface area contributed by atoms with Crippen LogP contribution < -0.4 is 5.32 Å². The van der Waals surface area contributed by atoms with E-state index in [1.165, 1.54) is 0 Å². The second-order valence-electron chi connectivity index (χ2n) is 8.24. The van der Waals surface area contributed by atoms with E-state index in [9.17, 15) is 9.59 Å². The predicted molar refractivity (Wildman–Crippen MR) is 106 cm³/mol. The molecule has 6 heteroatoms. The van der Waals surface area contributed by atoms with Crippen LogP contribution in [0.3, 0.4) is 0 Å². The van der Waals surface area contributed by atoms with Gasteiger partial charge in [0.1, 0.15) is 0 Å². The summed E-state index contributed by atoms with van der Waals surface area (Å²) in [7, 11) is 0. The SMILES string of the molecule is Cc1cc(CNC(=O)N(C2CC2)[C@@H]2CCCN(C(=O)C3CC3)C2)ccc1Cl. The van der Waals surface area contributed by atoms with Gasteiger partial charge in [0, 0.05) is 36.6 Å². The van der Waals surface area contributed by atoms with Gasteiger partial charge in [-0.15, -0.1) is 0 Å². The first-order valence-electron chi connectivity index (χ1n) is 10.1. The lowest BCUT2D eigenvalue weighted by molar-refractivity contribution is -0.134. The number of aryl methyl sites for hydroxylation is 1. The molecule has 1 aromatic rings. The Morgan fingerprint density at radius 3 is 2.63 bits per heavy atom. The third-order valence-electron chi connectivity index (χ3n) is 5.87. The molecule has 0 radical (unpaired) electrons. The van der Waals surface area contributed by atoms with Gasteiger partial charge < -0.3 is 15.1 Å². The fourth-order valence-corrected chi connectivity index (χ4v) is 4.16. The first-order valence-corrected chi connectivity index (χ1v) is 10.5. The molecule has 1 aromatic carbocycles. The van der Waals surface area contributed by atoms with Crippen molar-refractivity contribution in [3.8, 4) is 0 Å². The molecule has 4 rings (SSSR count). The number of nitrogens with one attached hydrogen (secondary N) is 1. The second kappa shape index (κ2) is 7.70. The summed E-state index contributed by atoms with van der Waals surface area (Å²) in [6.07, 6.45) is 6.18. The maximum Gasteiger partial charge on any atom is 0.318 e. The summed E-state index contributed by atoms with van der Waals surface area (Å²) in [4.78, 5) is 29.4. The molecule has 3 amide bonds. The smallest absolute Gasteiger partial charge is 0.318 e. The van der Waals surface area contributed by atoms with Gasteiger partial charge >= 0.3 is 6.03 Å². The van der Waals surface area contributed by atoms with Crippen molar-refractivity contribution in [3.05, 3.63) is 34.3 Å². The average molecular weight is 390 g/mol. The van der Waals surface area contributed by atoms with Crippen molar-refractivity contribution < 1.29 is 9.59 Å². The van der Waals surface area contributed by atoms with Crippen molar-refractivity contribution in [2.45, 2.75) is 64.1 Å². The Morgan fingerprint density at radius 1 is 1.19 bits per heavy atom. The Labute approximate surface area is 166 Å². The quantitative estimate of drug-likeness (QED) is 0.834. The van der Waals surface area contributed by atoms with Crippen LogP contribution in [0.15, 0.2) is 18.2 Å². The zero-order chi connectivity index (χ0) is 19.0. The number of hydrogen-bond acceptors (Lipinski definition) is 2. The molecule has 0 bridgehead atoms. The number of likely N-dealkylation sites (tertiary alicyclic amines) is 1. The molecule has 1 heterocycles. The van der Waals surface area contributed by atoms with Crippen molar-refractivity contribution in [3.63, 3.8) is 0 Å². The number of urea groups is 1. The van der Waals surface area contributed by atoms with Crippen molar-refractivity contribution >= 4 is 23.5 Å². The van der Waals surface area contributed by atoms with Gasteiger partial charge in [-0.25, -0.2) is 4.79 Å². The summed E-state index contributed by atoms with van der Waals surface area (Å²) in [5.41, 5.74) is 2.07. The average Bonchev–Trinajstić information content (AvgIpc) is 3.55. The molecule has 1 aliphatic heterocycles. The molecule has 1 atom stereocenters. The van der Waals surface area contributed by atoms with E-state index in [2.05, 4.69) is 5.32 Å². The van der Waals surface area contributed by atoms with Crippen LogP contribution in [0, 0.1) is 12.8 Å². The monoisotopic (exact) mass is 389 g/mol. The highest BCUT2D eigenvalue weighted by molar-refractivity contribution is 6.31. The maximum atomic E-state index is 13.0. The molecule has 3 fully saturated rings. The van der Waals surface area contributed by atoms with Gasteiger partial charge in [0.25, 0.3) is 0 Å². The van der Waals surface area contributed by atoms with E-state index in [-0.39, 0.29) is 18.0 Å². The minimum Gasteiger partial charge on any atom is -0.340 e. The first kappa shape index (κ1) is 18.6. The van der Waals surface area contributed by atoms with Crippen LogP contribution in [-0.4, -0.2) is 46.9 Å². The number of nitrogens with zero attached hydrogens (tertiary/aromatic N) is 2. The number of benzene rings is 1. The topological polar surface area (TPSA) is 52.7 Å². The zero-order valence-corrected chi connectivity index (χ0v) is 16.7. The number of rotatable bonds is 5. The third kappa shape index (κ3) is 4.40. The van der Waals surface area contributed by atoms with Crippen LogP contribution in [0.2, 0.25) is 5.02 Å². The van der Waals surface area contributed by atoms with E-state index in [0.717, 1.165) is 61.2 Å². The predicted octanol–water partition coefficient (Wildman–Crippen LogP) is 3.72. The summed E-state index contributed by atoms with van der Waals surface area (Å²) in [5.74, 6) is 0.549. The van der Waals surface area contributed by atoms with Crippen molar-refractivity contribution in [2.75, 3.05) is 13.1 Å². The number of carbonyl (C=O) groups is 2. The van der Waals surface area contributed by atoms with Crippen LogP contribution in [0.5, 0.6) is 0 Å². The summed E-state index contributed by atoms with van der Waals surface area (Å²) >= 11 is 6.08. The number of carbonyl (C=O) groups excluding carboxylic acids is 2.